The molecule has 3 aromatic rings. The third-order valence-electron chi connectivity index (χ3n) is 5.45. The number of nitrogens with zero attached hydrogens (tertiary/aromatic N) is 5. The molecule has 4 heterocycles. The molecule has 0 atom stereocenters. The van der Waals surface area contributed by atoms with E-state index in [1.165, 1.54) is 12.8 Å². The number of aromatic nitrogens is 4. The number of nitriles is 1. The molecule has 1 aliphatic rings. The molecule has 1 saturated heterocycles. The van der Waals surface area contributed by atoms with Crippen LogP contribution in [0.25, 0.3) is 11.0 Å². The van der Waals surface area contributed by atoms with Crippen molar-refractivity contribution in [2.75, 3.05) is 25.4 Å². The lowest BCUT2D eigenvalue weighted by atomic mass is 10.1. The predicted octanol–water partition coefficient (Wildman–Crippen LogP) is 3.17. The minimum Gasteiger partial charge on any atom is -0.463 e. The van der Waals surface area contributed by atoms with Crippen molar-refractivity contribution in [2.45, 2.75) is 45.6 Å². The Bertz CT molecular complexity index is 1050. The van der Waals surface area contributed by atoms with Crippen molar-refractivity contribution in [3.63, 3.8) is 0 Å². The van der Waals surface area contributed by atoms with E-state index in [0.29, 0.717) is 29.8 Å². The molecule has 156 valence electrons. The van der Waals surface area contributed by atoms with Gasteiger partial charge >= 0.3 is 6.01 Å². The van der Waals surface area contributed by atoms with Crippen molar-refractivity contribution in [3.05, 3.63) is 40.8 Å². The molecule has 0 unspecified atom stereocenters. The van der Waals surface area contributed by atoms with Crippen molar-refractivity contribution < 1.29 is 4.74 Å². The van der Waals surface area contributed by atoms with Crippen LogP contribution in [0.1, 0.15) is 55.1 Å². The summed E-state index contributed by atoms with van der Waals surface area (Å²) in [6.07, 6.45) is 6.89. The molecule has 4 rings (SSSR count). The first-order valence-corrected chi connectivity index (χ1v) is 10.5. The van der Waals surface area contributed by atoms with Gasteiger partial charge < -0.3 is 15.5 Å². The zero-order valence-corrected chi connectivity index (χ0v) is 17.3. The first-order chi connectivity index (χ1) is 14.7. The van der Waals surface area contributed by atoms with E-state index in [2.05, 4.69) is 50.0 Å². The second kappa shape index (κ2) is 9.09. The number of nitrogens with one attached hydrogen (secondary N) is 1. The summed E-state index contributed by atoms with van der Waals surface area (Å²) in [5, 5.41) is 9.61. The van der Waals surface area contributed by atoms with Gasteiger partial charge in [-0.25, -0.2) is 0 Å². The fraction of sp³-hybridized carbons (Fsp3) is 0.455. The van der Waals surface area contributed by atoms with Crippen LogP contribution in [0.4, 0.5) is 5.82 Å². The number of nitrogen functional groups attached to an aromatic ring is 1. The molecule has 0 saturated carbocycles. The van der Waals surface area contributed by atoms with E-state index in [9.17, 15) is 5.26 Å². The Kier molecular flexibility index (Phi) is 6.10. The number of aromatic amines is 1. The largest absolute Gasteiger partial charge is 0.463 e. The van der Waals surface area contributed by atoms with Gasteiger partial charge in [-0.05, 0) is 44.0 Å². The number of ether oxygens (including phenoxy) is 1. The highest BCUT2D eigenvalue weighted by molar-refractivity contribution is 5.90. The Balaban J connectivity index is 1.58. The predicted molar refractivity (Wildman–Crippen MR) is 115 cm³/mol. The molecule has 0 aromatic carbocycles. The first kappa shape index (κ1) is 20.1. The summed E-state index contributed by atoms with van der Waals surface area (Å²) < 4.78 is 5.65. The van der Waals surface area contributed by atoms with Crippen molar-refractivity contribution in [1.29, 1.82) is 5.26 Å². The molecule has 0 radical (unpaired) electrons. The molecule has 30 heavy (non-hydrogen) atoms. The number of unbranched alkanes of at least 4 members (excludes halogenated alkanes) is 1. The third-order valence-corrected chi connectivity index (χ3v) is 5.45. The number of anilines is 1. The summed E-state index contributed by atoms with van der Waals surface area (Å²) in [7, 11) is 0. The Hall–Kier alpha value is -3.18. The van der Waals surface area contributed by atoms with Crippen molar-refractivity contribution in [1.82, 2.24) is 24.8 Å². The first-order valence-electron chi connectivity index (χ1n) is 10.5. The van der Waals surface area contributed by atoms with E-state index in [1.807, 2.05) is 6.20 Å². The highest BCUT2D eigenvalue weighted by Gasteiger charge is 2.18. The summed E-state index contributed by atoms with van der Waals surface area (Å²) in [5.74, 6) is 0.285. The summed E-state index contributed by atoms with van der Waals surface area (Å²) in [6.45, 7) is 5.81. The number of pyridine rings is 1. The summed E-state index contributed by atoms with van der Waals surface area (Å²) in [5.41, 5.74) is 10.6. The average molecular weight is 406 g/mol. The molecule has 0 bridgehead atoms. The van der Waals surface area contributed by atoms with Crippen molar-refractivity contribution >= 4 is 16.9 Å². The number of H-pyrrole nitrogens is 1. The Labute approximate surface area is 176 Å². The molecule has 0 amide bonds. The maximum absolute atomic E-state index is 9.61. The zero-order chi connectivity index (χ0) is 20.9. The van der Waals surface area contributed by atoms with E-state index < -0.39 is 0 Å². The second-order valence-electron chi connectivity index (χ2n) is 7.73. The molecular formula is C22H27N7O. The van der Waals surface area contributed by atoms with Crippen LogP contribution in [0.5, 0.6) is 6.01 Å². The lowest BCUT2D eigenvalue weighted by Crippen LogP contribution is -2.19. The fourth-order valence-electron chi connectivity index (χ4n) is 3.78. The lowest BCUT2D eigenvalue weighted by molar-refractivity contribution is 0.287. The van der Waals surface area contributed by atoms with Gasteiger partial charge in [-0.2, -0.15) is 15.2 Å². The molecule has 3 aromatic heterocycles. The van der Waals surface area contributed by atoms with Gasteiger partial charge in [0.1, 0.15) is 22.8 Å². The van der Waals surface area contributed by atoms with Gasteiger partial charge in [-0.1, -0.05) is 19.4 Å². The molecule has 0 aliphatic carbocycles. The molecule has 1 aliphatic heterocycles. The molecule has 0 spiro atoms. The Morgan fingerprint density at radius 2 is 2.10 bits per heavy atom. The summed E-state index contributed by atoms with van der Waals surface area (Å²) in [4.78, 5) is 18.9. The molecule has 1 fully saturated rings. The molecule has 3 N–H and O–H groups in total. The highest BCUT2D eigenvalue weighted by atomic mass is 16.5. The fourth-order valence-corrected chi connectivity index (χ4v) is 3.78. The van der Waals surface area contributed by atoms with Crippen molar-refractivity contribution in [3.8, 4) is 12.1 Å². The van der Waals surface area contributed by atoms with Gasteiger partial charge in [-0.15, -0.1) is 0 Å². The van der Waals surface area contributed by atoms with Crippen LogP contribution >= 0.6 is 0 Å². The smallest absolute Gasteiger partial charge is 0.319 e. The monoisotopic (exact) mass is 405 g/mol. The topological polar surface area (TPSA) is 117 Å². The van der Waals surface area contributed by atoms with E-state index >= 15 is 0 Å². The van der Waals surface area contributed by atoms with Crippen LogP contribution < -0.4 is 10.5 Å². The Morgan fingerprint density at radius 3 is 2.80 bits per heavy atom. The maximum atomic E-state index is 9.61. The van der Waals surface area contributed by atoms with Gasteiger partial charge in [-0.3, -0.25) is 9.88 Å². The van der Waals surface area contributed by atoms with Crippen LogP contribution in [0.15, 0.2) is 18.3 Å². The van der Waals surface area contributed by atoms with Crippen LogP contribution in [0, 0.1) is 11.3 Å². The number of nitrogens with two attached hydrogens (primary N) is 1. The van der Waals surface area contributed by atoms with E-state index in [0.717, 1.165) is 49.3 Å². The third kappa shape index (κ3) is 4.36. The van der Waals surface area contributed by atoms with Crippen LogP contribution in [-0.2, 0) is 13.0 Å². The van der Waals surface area contributed by atoms with Crippen LogP contribution in [0.2, 0.25) is 0 Å². The summed E-state index contributed by atoms with van der Waals surface area (Å²) >= 11 is 0. The van der Waals surface area contributed by atoms with Gasteiger partial charge in [0.25, 0.3) is 0 Å². The summed E-state index contributed by atoms with van der Waals surface area (Å²) in [6, 6.07) is 6.60. The average Bonchev–Trinajstić information content (AvgIpc) is 3.38. The van der Waals surface area contributed by atoms with E-state index in [1.54, 1.807) is 0 Å². The van der Waals surface area contributed by atoms with Crippen molar-refractivity contribution in [2.24, 2.45) is 0 Å². The lowest BCUT2D eigenvalue weighted by Gasteiger charge is -2.13. The van der Waals surface area contributed by atoms with Crippen LogP contribution in [-0.4, -0.2) is 44.5 Å². The number of fused-ring (bicyclic) bond motifs is 1. The maximum Gasteiger partial charge on any atom is 0.319 e. The van der Waals surface area contributed by atoms with E-state index in [-0.39, 0.29) is 11.8 Å². The number of rotatable bonds is 8. The SMILES string of the molecule is CCCCOc1nc(N)c2[nH]c(C#N)c(Cc3ccc(CN4CCCC4)nc3)c2n1. The minimum absolute atomic E-state index is 0.247. The molecule has 8 nitrogen and oxygen atoms in total. The van der Waals surface area contributed by atoms with Gasteiger partial charge in [0, 0.05) is 24.7 Å². The second-order valence-corrected chi connectivity index (χ2v) is 7.73. The van der Waals surface area contributed by atoms with Crippen LogP contribution in [0.3, 0.4) is 0 Å². The van der Waals surface area contributed by atoms with Gasteiger partial charge in [0.15, 0.2) is 5.82 Å². The normalized spacial score (nSPS) is 14.3. The molecule has 8 heteroatoms. The number of hydrogen-bond acceptors (Lipinski definition) is 7. The highest BCUT2D eigenvalue weighted by Crippen LogP contribution is 2.28. The van der Waals surface area contributed by atoms with Gasteiger partial charge in [0.05, 0.1) is 12.3 Å². The quantitative estimate of drug-likeness (QED) is 0.553. The minimum atomic E-state index is 0.247. The number of likely N-dealkylation sites (tertiary alicyclic amines) is 1. The molecular weight excluding hydrogens is 378 g/mol. The van der Waals surface area contributed by atoms with Gasteiger partial charge in [0.2, 0.25) is 0 Å². The zero-order valence-electron chi connectivity index (χ0n) is 17.3. The number of hydrogen-bond donors (Lipinski definition) is 2. The standard InChI is InChI=1S/C22H27N7O/c1-2-3-10-30-22-27-19-17(18(12-23)26-20(19)21(24)28-22)11-15-6-7-16(25-13-15)14-29-8-4-5-9-29/h6-7,13,26H,2-5,8-11,14H2,1H3,(H2,24,27,28). The van der Waals surface area contributed by atoms with E-state index in [4.69, 9.17) is 10.5 Å². The Morgan fingerprint density at radius 1 is 1.27 bits per heavy atom.